The van der Waals surface area contributed by atoms with Crippen molar-refractivity contribution in [3.63, 3.8) is 0 Å². The first kappa shape index (κ1) is 16.4. The summed E-state index contributed by atoms with van der Waals surface area (Å²) in [7, 11) is 0. The van der Waals surface area contributed by atoms with Gasteiger partial charge in [-0.05, 0) is 37.1 Å². The molecule has 24 heavy (non-hydrogen) atoms. The van der Waals surface area contributed by atoms with Crippen molar-refractivity contribution >= 4 is 10.9 Å². The molecule has 0 aliphatic rings. The number of rotatable bonds is 6. The number of fused-ring (bicyclic) bond motifs is 1. The molecule has 1 N–H and O–H groups in total. The van der Waals surface area contributed by atoms with Crippen molar-refractivity contribution in [3.8, 4) is 0 Å². The third kappa shape index (κ3) is 3.54. The Morgan fingerprint density at radius 3 is 2.75 bits per heavy atom. The topological polar surface area (TPSA) is 75.0 Å². The lowest BCUT2D eigenvalue weighted by Gasteiger charge is -2.18. The molecule has 1 aromatic carbocycles. The molecule has 0 unspecified atom stereocenters. The number of benzene rings is 1. The maximum atomic E-state index is 12.3. The first-order valence-electron chi connectivity index (χ1n) is 8.25. The Kier molecular flexibility index (Phi) is 4.76. The SMILES string of the molecule is CCc1noc(CN(CC)Cc2cc3cc(C)ccc3[nH]c2=O)n1. The Bertz CT molecular complexity index is 897. The zero-order valence-electron chi connectivity index (χ0n) is 14.3. The van der Waals surface area contributed by atoms with Crippen LogP contribution >= 0.6 is 0 Å². The minimum Gasteiger partial charge on any atom is -0.338 e. The molecule has 0 bridgehead atoms. The number of nitrogens with one attached hydrogen (secondary N) is 1. The lowest BCUT2D eigenvalue weighted by atomic mass is 10.1. The van der Waals surface area contributed by atoms with Crippen molar-refractivity contribution in [2.24, 2.45) is 0 Å². The van der Waals surface area contributed by atoms with E-state index in [0.717, 1.165) is 29.4 Å². The molecule has 126 valence electrons. The van der Waals surface area contributed by atoms with Gasteiger partial charge in [0, 0.05) is 24.0 Å². The standard InChI is InChI=1S/C18H22N4O2/c1-4-16-20-17(24-21-16)11-22(5-2)10-14-9-13-8-12(3)6-7-15(13)19-18(14)23/h6-9H,4-5,10-11H2,1-3H3,(H,19,23). The van der Waals surface area contributed by atoms with Gasteiger partial charge in [-0.25, -0.2) is 0 Å². The summed E-state index contributed by atoms with van der Waals surface area (Å²) in [6.07, 6.45) is 0.749. The number of aromatic nitrogens is 3. The van der Waals surface area contributed by atoms with Gasteiger partial charge in [0.05, 0.1) is 6.54 Å². The van der Waals surface area contributed by atoms with Gasteiger partial charge >= 0.3 is 0 Å². The predicted molar refractivity (Wildman–Crippen MR) is 92.8 cm³/mol. The minimum atomic E-state index is -0.0513. The third-order valence-electron chi connectivity index (χ3n) is 4.10. The van der Waals surface area contributed by atoms with Crippen molar-refractivity contribution in [3.05, 3.63) is 57.5 Å². The highest BCUT2D eigenvalue weighted by Gasteiger charge is 2.13. The van der Waals surface area contributed by atoms with Gasteiger partial charge < -0.3 is 9.51 Å². The molecule has 3 aromatic rings. The number of hydrogen-bond acceptors (Lipinski definition) is 5. The Labute approximate surface area is 140 Å². The van der Waals surface area contributed by atoms with Crippen LogP contribution in [0.3, 0.4) is 0 Å². The normalized spacial score (nSPS) is 11.5. The van der Waals surface area contributed by atoms with Gasteiger partial charge in [0.15, 0.2) is 5.82 Å². The maximum Gasteiger partial charge on any atom is 0.252 e. The maximum absolute atomic E-state index is 12.3. The second-order valence-corrected chi connectivity index (χ2v) is 5.98. The average molecular weight is 326 g/mol. The van der Waals surface area contributed by atoms with E-state index in [-0.39, 0.29) is 5.56 Å². The molecule has 0 aliphatic heterocycles. The highest BCUT2D eigenvalue weighted by atomic mass is 16.5. The lowest BCUT2D eigenvalue weighted by molar-refractivity contribution is 0.228. The third-order valence-corrected chi connectivity index (χ3v) is 4.10. The van der Waals surface area contributed by atoms with Gasteiger partial charge in [-0.2, -0.15) is 4.98 Å². The summed E-state index contributed by atoms with van der Waals surface area (Å²) in [6.45, 7) is 7.95. The molecule has 3 rings (SSSR count). The number of pyridine rings is 1. The van der Waals surface area contributed by atoms with E-state index < -0.39 is 0 Å². The van der Waals surface area contributed by atoms with E-state index in [2.05, 4.69) is 33.0 Å². The number of aromatic amines is 1. The fourth-order valence-electron chi connectivity index (χ4n) is 2.70. The van der Waals surface area contributed by atoms with Crippen LogP contribution in [0.5, 0.6) is 0 Å². The zero-order valence-corrected chi connectivity index (χ0v) is 14.3. The molecule has 2 heterocycles. The van der Waals surface area contributed by atoms with Crippen molar-refractivity contribution in [2.75, 3.05) is 6.54 Å². The Balaban J connectivity index is 1.83. The molecule has 6 heteroatoms. The van der Waals surface area contributed by atoms with Crippen LogP contribution in [0.25, 0.3) is 10.9 Å². The van der Waals surface area contributed by atoms with Gasteiger partial charge in [0.25, 0.3) is 5.56 Å². The first-order valence-corrected chi connectivity index (χ1v) is 8.25. The van der Waals surface area contributed by atoms with Gasteiger partial charge in [-0.15, -0.1) is 0 Å². The van der Waals surface area contributed by atoms with Crippen molar-refractivity contribution in [1.82, 2.24) is 20.0 Å². The molecule has 0 amide bonds. The molecule has 0 saturated heterocycles. The fourth-order valence-corrected chi connectivity index (χ4v) is 2.70. The van der Waals surface area contributed by atoms with Crippen LogP contribution < -0.4 is 5.56 Å². The summed E-state index contributed by atoms with van der Waals surface area (Å²) < 4.78 is 5.25. The molecule has 0 spiro atoms. The zero-order chi connectivity index (χ0) is 17.1. The molecular weight excluding hydrogens is 304 g/mol. The molecular formula is C18H22N4O2. The van der Waals surface area contributed by atoms with E-state index in [4.69, 9.17) is 4.52 Å². The van der Waals surface area contributed by atoms with Crippen LogP contribution in [-0.2, 0) is 19.5 Å². The van der Waals surface area contributed by atoms with Crippen LogP contribution in [0.4, 0.5) is 0 Å². The van der Waals surface area contributed by atoms with Crippen LogP contribution in [0.1, 0.15) is 36.7 Å². The lowest BCUT2D eigenvalue weighted by Crippen LogP contribution is -2.26. The highest BCUT2D eigenvalue weighted by Crippen LogP contribution is 2.15. The van der Waals surface area contributed by atoms with Crippen LogP contribution in [0.2, 0.25) is 0 Å². The number of hydrogen-bond donors (Lipinski definition) is 1. The highest BCUT2D eigenvalue weighted by molar-refractivity contribution is 5.79. The summed E-state index contributed by atoms with van der Waals surface area (Å²) in [5, 5.41) is 4.96. The number of H-pyrrole nitrogens is 1. The molecule has 0 saturated carbocycles. The molecule has 0 atom stereocenters. The summed E-state index contributed by atoms with van der Waals surface area (Å²) >= 11 is 0. The summed E-state index contributed by atoms with van der Waals surface area (Å²) in [6, 6.07) is 7.99. The van der Waals surface area contributed by atoms with Gasteiger partial charge in [-0.3, -0.25) is 9.69 Å². The van der Waals surface area contributed by atoms with E-state index in [1.807, 2.05) is 32.0 Å². The van der Waals surface area contributed by atoms with Crippen molar-refractivity contribution in [1.29, 1.82) is 0 Å². The minimum absolute atomic E-state index is 0.0513. The summed E-state index contributed by atoms with van der Waals surface area (Å²) in [5.74, 6) is 1.29. The Morgan fingerprint density at radius 1 is 1.21 bits per heavy atom. The predicted octanol–water partition coefficient (Wildman–Crippen LogP) is 2.80. The van der Waals surface area contributed by atoms with Crippen LogP contribution in [0, 0.1) is 6.92 Å². The molecule has 6 nitrogen and oxygen atoms in total. The largest absolute Gasteiger partial charge is 0.338 e. The van der Waals surface area contributed by atoms with E-state index in [0.29, 0.717) is 24.8 Å². The van der Waals surface area contributed by atoms with E-state index in [1.165, 1.54) is 5.56 Å². The Hall–Kier alpha value is -2.47. The van der Waals surface area contributed by atoms with Gasteiger partial charge in [0.2, 0.25) is 5.89 Å². The summed E-state index contributed by atoms with van der Waals surface area (Å²) in [4.78, 5) is 21.7. The monoisotopic (exact) mass is 326 g/mol. The van der Waals surface area contributed by atoms with E-state index >= 15 is 0 Å². The average Bonchev–Trinajstić information content (AvgIpc) is 3.03. The number of aryl methyl sites for hydroxylation is 2. The molecule has 0 aliphatic carbocycles. The smallest absolute Gasteiger partial charge is 0.252 e. The second kappa shape index (κ2) is 6.97. The fraction of sp³-hybridized carbons (Fsp3) is 0.389. The first-order chi connectivity index (χ1) is 11.6. The van der Waals surface area contributed by atoms with Crippen molar-refractivity contribution < 1.29 is 4.52 Å². The summed E-state index contributed by atoms with van der Waals surface area (Å²) in [5.41, 5.74) is 2.72. The molecule has 2 aromatic heterocycles. The van der Waals surface area contributed by atoms with Gasteiger partial charge in [-0.1, -0.05) is 30.6 Å². The van der Waals surface area contributed by atoms with Crippen LogP contribution in [-0.4, -0.2) is 26.6 Å². The molecule has 0 radical (unpaired) electrons. The van der Waals surface area contributed by atoms with Crippen molar-refractivity contribution in [2.45, 2.75) is 40.3 Å². The molecule has 0 fully saturated rings. The number of nitrogens with zero attached hydrogens (tertiary/aromatic N) is 3. The van der Waals surface area contributed by atoms with Gasteiger partial charge in [0.1, 0.15) is 0 Å². The second-order valence-electron chi connectivity index (χ2n) is 5.98. The quantitative estimate of drug-likeness (QED) is 0.754. The van der Waals surface area contributed by atoms with E-state index in [9.17, 15) is 4.79 Å². The van der Waals surface area contributed by atoms with Crippen LogP contribution in [0.15, 0.2) is 33.6 Å². The van der Waals surface area contributed by atoms with E-state index in [1.54, 1.807) is 0 Å². The Morgan fingerprint density at radius 2 is 2.04 bits per heavy atom.